The van der Waals surface area contributed by atoms with E-state index in [0.717, 1.165) is 18.4 Å². The highest BCUT2D eigenvalue weighted by Gasteiger charge is 2.47. The molecule has 1 aliphatic heterocycles. The molecular formula is C40H63N6O8P. The zero-order valence-electron chi connectivity index (χ0n) is 32.9. The molecule has 0 amide bonds. The molecule has 306 valence electrons. The van der Waals surface area contributed by atoms with Gasteiger partial charge < -0.3 is 29.9 Å². The number of nitrogens with zero attached hydrogens (tertiary/aromatic N) is 5. The van der Waals surface area contributed by atoms with Crippen molar-refractivity contribution in [2.45, 2.75) is 154 Å². The Labute approximate surface area is 326 Å². The van der Waals surface area contributed by atoms with Crippen LogP contribution < -0.4 is 5.73 Å². The summed E-state index contributed by atoms with van der Waals surface area (Å²) < 4.78 is 43.4. The summed E-state index contributed by atoms with van der Waals surface area (Å²) in [6.45, 7) is 4.00. The van der Waals surface area contributed by atoms with Crippen molar-refractivity contribution in [3.8, 4) is 6.07 Å². The second kappa shape index (κ2) is 23.9. The third-order valence-corrected chi connectivity index (χ3v) is 11.1. The number of phosphoric acid groups is 1. The highest BCUT2D eigenvalue weighted by atomic mass is 31.2. The molecule has 4 N–H and O–H groups in total. The standard InChI is InChI=1S/C40H63N6O8P/c1-3-4-5-6-7-8-9-10-11-12-13-14-15-16-17-18-23-50-28-34(51-27-32-19-20-33(25-41)43-26-32)29-52-55(48,49)53-30-40(2)38(47)24-37(54-40)35-21-22-36-39(42)44-31-45-46(35)36/h19-22,26,31,34,37-38,47H,3-18,23-24,27-30H2,1-2H3,(H,48,49)(H2,42,44,45)/t34-,37-,38+,40-/m1/s1. The van der Waals surface area contributed by atoms with Crippen LogP contribution in [0.2, 0.25) is 0 Å². The smallest absolute Gasteiger partial charge is 0.390 e. The molecule has 0 radical (unpaired) electrons. The summed E-state index contributed by atoms with van der Waals surface area (Å²) >= 11 is 0. The van der Waals surface area contributed by atoms with Gasteiger partial charge in [0.05, 0.1) is 38.2 Å². The number of anilines is 1. The topological polar surface area (TPSA) is 197 Å². The maximum Gasteiger partial charge on any atom is 0.472 e. The molecule has 3 aromatic rings. The van der Waals surface area contributed by atoms with Gasteiger partial charge in [-0.05, 0) is 37.1 Å². The average Bonchev–Trinajstić information content (AvgIpc) is 3.75. The number of fused-ring (bicyclic) bond motifs is 1. The fourth-order valence-corrected chi connectivity index (χ4v) is 7.61. The molecule has 0 bridgehead atoms. The summed E-state index contributed by atoms with van der Waals surface area (Å²) in [5.41, 5.74) is 6.94. The molecule has 1 unspecified atom stereocenters. The fourth-order valence-electron chi connectivity index (χ4n) is 6.76. The highest BCUT2D eigenvalue weighted by molar-refractivity contribution is 7.47. The zero-order valence-corrected chi connectivity index (χ0v) is 33.8. The van der Waals surface area contributed by atoms with E-state index in [0.29, 0.717) is 29.3 Å². The number of nitrogens with two attached hydrogens (primary N) is 1. The number of nitriles is 1. The molecule has 1 aliphatic rings. The number of hydrogen-bond acceptors (Lipinski definition) is 12. The molecule has 4 heterocycles. The molecule has 1 saturated heterocycles. The molecule has 0 aromatic carbocycles. The van der Waals surface area contributed by atoms with Crippen LogP contribution in [-0.2, 0) is 34.4 Å². The van der Waals surface area contributed by atoms with Crippen LogP contribution in [0.5, 0.6) is 0 Å². The van der Waals surface area contributed by atoms with E-state index in [1.807, 2.05) is 6.07 Å². The highest BCUT2D eigenvalue weighted by Crippen LogP contribution is 2.47. The minimum absolute atomic E-state index is 0.135. The van der Waals surface area contributed by atoms with Gasteiger partial charge >= 0.3 is 7.82 Å². The third-order valence-electron chi connectivity index (χ3n) is 10.2. The van der Waals surface area contributed by atoms with E-state index in [2.05, 4.69) is 22.0 Å². The Balaban J connectivity index is 1.14. The van der Waals surface area contributed by atoms with E-state index < -0.39 is 38.3 Å². The SMILES string of the molecule is CCCCCCCCCCCCCCCCCCOC[C@H](COP(=O)(O)OC[C@@]1(C)O[C@@H](c2ccc3c(N)ncnn23)C[C@@H]1O)OCc1ccc(C#N)nc1. The second-order valence-electron chi connectivity index (χ2n) is 14.9. The summed E-state index contributed by atoms with van der Waals surface area (Å²) in [5, 5.41) is 24.2. The van der Waals surface area contributed by atoms with E-state index >= 15 is 0 Å². The molecule has 14 nitrogen and oxygen atoms in total. The summed E-state index contributed by atoms with van der Waals surface area (Å²) in [6, 6.07) is 8.88. The number of hydrogen-bond donors (Lipinski definition) is 3. The molecular weight excluding hydrogens is 723 g/mol. The number of pyridine rings is 1. The predicted octanol–water partition coefficient (Wildman–Crippen LogP) is 8.16. The molecule has 4 rings (SSSR count). The molecule has 0 saturated carbocycles. The Hall–Kier alpha value is -2.99. The van der Waals surface area contributed by atoms with Gasteiger partial charge in [0, 0.05) is 19.2 Å². The van der Waals surface area contributed by atoms with E-state index in [9.17, 15) is 14.6 Å². The molecule has 55 heavy (non-hydrogen) atoms. The summed E-state index contributed by atoms with van der Waals surface area (Å²) in [7, 11) is -4.60. The van der Waals surface area contributed by atoms with Crippen molar-refractivity contribution in [2.24, 2.45) is 0 Å². The van der Waals surface area contributed by atoms with Crippen molar-refractivity contribution in [3.63, 3.8) is 0 Å². The van der Waals surface area contributed by atoms with Gasteiger partial charge in [-0.25, -0.2) is 19.0 Å². The molecule has 0 aliphatic carbocycles. The molecule has 1 fully saturated rings. The summed E-state index contributed by atoms with van der Waals surface area (Å²) in [4.78, 5) is 18.7. The van der Waals surface area contributed by atoms with Gasteiger partial charge in [-0.3, -0.25) is 9.05 Å². The summed E-state index contributed by atoms with van der Waals surface area (Å²) in [5.74, 6) is 0.311. The van der Waals surface area contributed by atoms with Gasteiger partial charge in [-0.15, -0.1) is 0 Å². The minimum atomic E-state index is -4.60. The first kappa shape index (κ1) is 44.7. The zero-order chi connectivity index (χ0) is 39.4. The number of phosphoric ester groups is 1. The van der Waals surface area contributed by atoms with Crippen molar-refractivity contribution in [1.82, 2.24) is 19.6 Å². The number of nitrogen functional groups attached to an aromatic ring is 1. The third kappa shape index (κ3) is 15.5. The largest absolute Gasteiger partial charge is 0.472 e. The van der Waals surface area contributed by atoms with Crippen molar-refractivity contribution in [3.05, 3.63) is 53.7 Å². The van der Waals surface area contributed by atoms with Gasteiger partial charge in [0.2, 0.25) is 0 Å². The Morgan fingerprint density at radius 3 is 2.24 bits per heavy atom. The average molecular weight is 787 g/mol. The first-order chi connectivity index (χ1) is 26.6. The number of rotatable bonds is 29. The number of ether oxygens (including phenoxy) is 3. The van der Waals surface area contributed by atoms with Crippen molar-refractivity contribution >= 4 is 19.2 Å². The normalized spacial score (nSPS) is 20.1. The van der Waals surface area contributed by atoms with E-state index in [4.69, 9.17) is 34.3 Å². The van der Waals surface area contributed by atoms with E-state index in [-0.39, 0.29) is 26.2 Å². The maximum absolute atomic E-state index is 13.0. The Kier molecular flexibility index (Phi) is 19.5. The lowest BCUT2D eigenvalue weighted by molar-refractivity contribution is -0.101. The van der Waals surface area contributed by atoms with Gasteiger partial charge in [-0.2, -0.15) is 10.4 Å². The number of unbranched alkanes of at least 4 members (excludes halogenated alkanes) is 15. The quantitative estimate of drug-likeness (QED) is 0.0451. The predicted molar refractivity (Wildman–Crippen MR) is 210 cm³/mol. The van der Waals surface area contributed by atoms with Crippen LogP contribution in [0.3, 0.4) is 0 Å². The van der Waals surface area contributed by atoms with Gasteiger partial charge in [-0.1, -0.05) is 109 Å². The monoisotopic (exact) mass is 786 g/mol. The Morgan fingerprint density at radius 2 is 1.62 bits per heavy atom. The van der Waals surface area contributed by atoms with Gasteiger partial charge in [0.25, 0.3) is 0 Å². The van der Waals surface area contributed by atoms with Crippen LogP contribution in [0.15, 0.2) is 36.8 Å². The Morgan fingerprint density at radius 1 is 0.964 bits per heavy atom. The first-order valence-corrected chi connectivity index (χ1v) is 21.7. The fraction of sp³-hybridized carbons (Fsp3) is 0.700. The van der Waals surface area contributed by atoms with Gasteiger partial charge in [0.1, 0.15) is 41.4 Å². The molecule has 0 spiro atoms. The second-order valence-corrected chi connectivity index (χ2v) is 16.3. The lowest BCUT2D eigenvalue weighted by Crippen LogP contribution is -2.40. The number of aromatic nitrogens is 4. The number of aliphatic hydroxyl groups excluding tert-OH is 1. The lowest BCUT2D eigenvalue weighted by Gasteiger charge is -2.28. The lowest BCUT2D eigenvalue weighted by atomic mass is 9.99. The first-order valence-electron chi connectivity index (χ1n) is 20.2. The molecule has 3 aromatic heterocycles. The van der Waals surface area contributed by atoms with Crippen molar-refractivity contribution in [1.29, 1.82) is 5.26 Å². The molecule has 5 atom stereocenters. The van der Waals surface area contributed by atoms with Crippen molar-refractivity contribution in [2.75, 3.05) is 32.2 Å². The van der Waals surface area contributed by atoms with Crippen LogP contribution >= 0.6 is 7.82 Å². The molecule has 15 heteroatoms. The Bertz CT molecular complexity index is 1620. The van der Waals surface area contributed by atoms with Crippen molar-refractivity contribution < 1.29 is 37.8 Å². The minimum Gasteiger partial charge on any atom is -0.390 e. The van der Waals surface area contributed by atoms with Gasteiger partial charge in [0.15, 0.2) is 5.82 Å². The van der Waals surface area contributed by atoms with Crippen LogP contribution in [-0.4, -0.2) is 73.8 Å². The van der Waals surface area contributed by atoms with Crippen LogP contribution in [0.1, 0.15) is 146 Å². The van der Waals surface area contributed by atoms with Crippen LogP contribution in [0.25, 0.3) is 5.52 Å². The number of aliphatic hydroxyl groups is 1. The summed E-state index contributed by atoms with van der Waals surface area (Å²) in [6.07, 6.45) is 21.5. The van der Waals surface area contributed by atoms with E-state index in [1.54, 1.807) is 41.9 Å². The van der Waals surface area contributed by atoms with E-state index in [1.165, 1.54) is 96.2 Å². The van der Waals surface area contributed by atoms with Crippen LogP contribution in [0.4, 0.5) is 5.82 Å². The maximum atomic E-state index is 13.0. The van der Waals surface area contributed by atoms with Crippen LogP contribution in [0, 0.1) is 11.3 Å².